The SMILES string of the molecule is O=C(Cc1ccccc1)Nc1ccc(Nc2ccccc2N2CCOCC2)nn1. The molecule has 3 aromatic rings. The van der Waals surface area contributed by atoms with E-state index in [0.29, 0.717) is 18.1 Å². The topological polar surface area (TPSA) is 79.4 Å². The summed E-state index contributed by atoms with van der Waals surface area (Å²) < 4.78 is 5.44. The van der Waals surface area contributed by atoms with Crippen LogP contribution in [0.1, 0.15) is 5.56 Å². The molecule has 7 heteroatoms. The van der Waals surface area contributed by atoms with Crippen molar-refractivity contribution in [2.24, 2.45) is 0 Å². The maximum atomic E-state index is 12.2. The standard InChI is InChI=1S/C22H23N5O2/c28-22(16-17-6-2-1-3-7-17)24-21-11-10-20(25-26-21)23-18-8-4-5-9-19(18)27-12-14-29-15-13-27/h1-11H,12-16H2,(H,23,25)(H,24,26,28). The number of hydrogen-bond donors (Lipinski definition) is 2. The Hall–Kier alpha value is -3.45. The molecule has 0 unspecified atom stereocenters. The highest BCUT2D eigenvalue weighted by Gasteiger charge is 2.15. The van der Waals surface area contributed by atoms with E-state index < -0.39 is 0 Å². The fraction of sp³-hybridized carbons (Fsp3) is 0.227. The minimum atomic E-state index is -0.121. The zero-order chi connectivity index (χ0) is 19.9. The molecular formula is C22H23N5O2. The molecule has 0 radical (unpaired) electrons. The second-order valence-corrected chi connectivity index (χ2v) is 6.76. The van der Waals surface area contributed by atoms with E-state index >= 15 is 0 Å². The predicted octanol–water partition coefficient (Wildman–Crippen LogP) is 3.24. The molecule has 2 aromatic carbocycles. The summed E-state index contributed by atoms with van der Waals surface area (Å²) in [6.07, 6.45) is 0.301. The maximum Gasteiger partial charge on any atom is 0.229 e. The number of nitrogens with one attached hydrogen (secondary N) is 2. The van der Waals surface area contributed by atoms with Crippen LogP contribution >= 0.6 is 0 Å². The minimum absolute atomic E-state index is 0.121. The van der Waals surface area contributed by atoms with Gasteiger partial charge in [0.15, 0.2) is 11.6 Å². The number of aromatic nitrogens is 2. The molecule has 2 heterocycles. The van der Waals surface area contributed by atoms with Crippen LogP contribution in [0.3, 0.4) is 0 Å². The molecule has 29 heavy (non-hydrogen) atoms. The van der Waals surface area contributed by atoms with Crippen molar-refractivity contribution in [2.75, 3.05) is 41.8 Å². The first kappa shape index (κ1) is 18.9. The molecule has 1 fully saturated rings. The molecule has 1 saturated heterocycles. The lowest BCUT2D eigenvalue weighted by molar-refractivity contribution is -0.115. The Labute approximate surface area is 169 Å². The zero-order valence-electron chi connectivity index (χ0n) is 16.0. The Morgan fingerprint density at radius 2 is 1.59 bits per heavy atom. The van der Waals surface area contributed by atoms with Gasteiger partial charge in [-0.05, 0) is 29.8 Å². The molecular weight excluding hydrogens is 366 g/mol. The van der Waals surface area contributed by atoms with Crippen molar-refractivity contribution in [3.05, 3.63) is 72.3 Å². The lowest BCUT2D eigenvalue weighted by atomic mass is 10.1. The summed E-state index contributed by atoms with van der Waals surface area (Å²) in [6.45, 7) is 3.17. The molecule has 0 spiro atoms. The smallest absolute Gasteiger partial charge is 0.229 e. The molecule has 2 N–H and O–H groups in total. The van der Waals surface area contributed by atoms with Crippen LogP contribution in [0, 0.1) is 0 Å². The number of rotatable bonds is 6. The summed E-state index contributed by atoms with van der Waals surface area (Å²) in [4.78, 5) is 14.5. The number of carbonyl (C=O) groups excluding carboxylic acids is 1. The van der Waals surface area contributed by atoms with E-state index in [1.807, 2.05) is 48.5 Å². The van der Waals surface area contributed by atoms with Crippen molar-refractivity contribution in [3.8, 4) is 0 Å². The molecule has 4 rings (SSSR count). The Bertz CT molecular complexity index is 941. The summed E-state index contributed by atoms with van der Waals surface area (Å²) >= 11 is 0. The van der Waals surface area contributed by atoms with Gasteiger partial charge in [-0.25, -0.2) is 0 Å². The summed E-state index contributed by atoms with van der Waals surface area (Å²) in [6, 6.07) is 21.3. The van der Waals surface area contributed by atoms with Crippen molar-refractivity contribution >= 4 is 28.9 Å². The number of nitrogens with zero attached hydrogens (tertiary/aromatic N) is 3. The van der Waals surface area contributed by atoms with Crippen LogP contribution in [0.5, 0.6) is 0 Å². The lowest BCUT2D eigenvalue weighted by Crippen LogP contribution is -2.36. The van der Waals surface area contributed by atoms with Gasteiger partial charge in [0.2, 0.25) is 5.91 Å². The molecule has 1 aromatic heterocycles. The van der Waals surface area contributed by atoms with Crippen LogP contribution in [0.4, 0.5) is 23.0 Å². The van der Waals surface area contributed by atoms with Crippen LogP contribution in [0.2, 0.25) is 0 Å². The van der Waals surface area contributed by atoms with Crippen LogP contribution in [-0.4, -0.2) is 42.4 Å². The number of benzene rings is 2. The summed E-state index contributed by atoms with van der Waals surface area (Å²) in [5.74, 6) is 0.925. The van der Waals surface area contributed by atoms with Gasteiger partial charge in [0.25, 0.3) is 0 Å². The molecule has 148 valence electrons. The predicted molar refractivity (Wildman–Crippen MR) is 114 cm³/mol. The number of anilines is 4. The lowest BCUT2D eigenvalue weighted by Gasteiger charge is -2.30. The highest BCUT2D eigenvalue weighted by Crippen LogP contribution is 2.28. The highest BCUT2D eigenvalue weighted by atomic mass is 16.5. The highest BCUT2D eigenvalue weighted by molar-refractivity contribution is 5.91. The van der Waals surface area contributed by atoms with E-state index in [4.69, 9.17) is 4.74 Å². The summed E-state index contributed by atoms with van der Waals surface area (Å²) in [5.41, 5.74) is 3.03. The third kappa shape index (κ3) is 5.08. The van der Waals surface area contributed by atoms with Gasteiger partial charge < -0.3 is 20.3 Å². The minimum Gasteiger partial charge on any atom is -0.378 e. The second-order valence-electron chi connectivity index (χ2n) is 6.76. The van der Waals surface area contributed by atoms with Gasteiger partial charge >= 0.3 is 0 Å². The average Bonchev–Trinajstić information content (AvgIpc) is 2.77. The number of amides is 1. The third-order valence-electron chi connectivity index (χ3n) is 4.66. The first-order chi connectivity index (χ1) is 14.3. The van der Waals surface area contributed by atoms with Crippen LogP contribution < -0.4 is 15.5 Å². The van der Waals surface area contributed by atoms with Gasteiger partial charge in [-0.1, -0.05) is 42.5 Å². The quantitative estimate of drug-likeness (QED) is 0.674. The first-order valence-electron chi connectivity index (χ1n) is 9.64. The number of para-hydroxylation sites is 2. The maximum absolute atomic E-state index is 12.2. The number of carbonyl (C=O) groups is 1. The Morgan fingerprint density at radius 1 is 0.897 bits per heavy atom. The molecule has 1 aliphatic heterocycles. The van der Waals surface area contributed by atoms with Crippen molar-refractivity contribution < 1.29 is 9.53 Å². The zero-order valence-corrected chi connectivity index (χ0v) is 16.0. The normalized spacial score (nSPS) is 13.7. The van der Waals surface area contributed by atoms with Gasteiger partial charge in [-0.15, -0.1) is 10.2 Å². The molecule has 0 bridgehead atoms. The third-order valence-corrected chi connectivity index (χ3v) is 4.66. The number of ether oxygens (including phenoxy) is 1. The van der Waals surface area contributed by atoms with E-state index in [0.717, 1.165) is 43.2 Å². The van der Waals surface area contributed by atoms with Crippen molar-refractivity contribution in [2.45, 2.75) is 6.42 Å². The molecule has 7 nitrogen and oxygen atoms in total. The molecule has 0 atom stereocenters. The molecule has 0 aliphatic carbocycles. The fourth-order valence-electron chi connectivity index (χ4n) is 3.23. The van der Waals surface area contributed by atoms with E-state index in [-0.39, 0.29) is 5.91 Å². The first-order valence-corrected chi connectivity index (χ1v) is 9.64. The van der Waals surface area contributed by atoms with Gasteiger partial charge in [-0.2, -0.15) is 0 Å². The molecule has 1 aliphatic rings. The number of morpholine rings is 1. The molecule has 0 saturated carbocycles. The van der Waals surface area contributed by atoms with E-state index in [1.165, 1.54) is 0 Å². The van der Waals surface area contributed by atoms with E-state index in [2.05, 4.69) is 31.8 Å². The summed E-state index contributed by atoms with van der Waals surface area (Å²) in [7, 11) is 0. The van der Waals surface area contributed by atoms with Crippen molar-refractivity contribution in [1.82, 2.24) is 10.2 Å². The Morgan fingerprint density at radius 3 is 2.34 bits per heavy atom. The van der Waals surface area contributed by atoms with Gasteiger partial charge in [0.05, 0.1) is 31.0 Å². The van der Waals surface area contributed by atoms with E-state index in [9.17, 15) is 4.79 Å². The largest absolute Gasteiger partial charge is 0.378 e. The van der Waals surface area contributed by atoms with E-state index in [1.54, 1.807) is 12.1 Å². The van der Waals surface area contributed by atoms with Crippen LogP contribution in [0.25, 0.3) is 0 Å². The average molecular weight is 389 g/mol. The second kappa shape index (κ2) is 9.16. The Balaban J connectivity index is 1.39. The monoisotopic (exact) mass is 389 g/mol. The van der Waals surface area contributed by atoms with Crippen molar-refractivity contribution in [3.63, 3.8) is 0 Å². The van der Waals surface area contributed by atoms with Gasteiger partial charge in [0, 0.05) is 13.1 Å². The van der Waals surface area contributed by atoms with Crippen molar-refractivity contribution in [1.29, 1.82) is 0 Å². The summed E-state index contributed by atoms with van der Waals surface area (Å²) in [5, 5.41) is 14.4. The van der Waals surface area contributed by atoms with Crippen LogP contribution in [-0.2, 0) is 16.0 Å². The fourth-order valence-corrected chi connectivity index (χ4v) is 3.23. The van der Waals surface area contributed by atoms with Gasteiger partial charge in [-0.3, -0.25) is 4.79 Å². The molecule has 1 amide bonds. The van der Waals surface area contributed by atoms with Crippen LogP contribution in [0.15, 0.2) is 66.7 Å². The number of hydrogen-bond acceptors (Lipinski definition) is 6. The Kier molecular flexibility index (Phi) is 5.97. The van der Waals surface area contributed by atoms with Gasteiger partial charge in [0.1, 0.15) is 0 Å².